The highest BCUT2D eigenvalue weighted by Crippen LogP contribution is 2.21. The highest BCUT2D eigenvalue weighted by atomic mass is 19.4. The number of aryl methyl sites for hydroxylation is 1. The number of nitrogen functional groups attached to an aromatic ring is 1. The van der Waals surface area contributed by atoms with Crippen molar-refractivity contribution < 1.29 is 13.2 Å². The minimum absolute atomic E-state index is 0.0532. The summed E-state index contributed by atoms with van der Waals surface area (Å²) >= 11 is 0. The molecule has 12 heavy (non-hydrogen) atoms. The van der Waals surface area contributed by atoms with Crippen molar-refractivity contribution in [2.24, 2.45) is 7.05 Å². The van der Waals surface area contributed by atoms with Crippen LogP contribution >= 0.6 is 0 Å². The van der Waals surface area contributed by atoms with E-state index in [1.165, 1.54) is 17.8 Å². The lowest BCUT2D eigenvalue weighted by molar-refractivity contribution is -0.127. The fourth-order valence-electron chi connectivity index (χ4n) is 0.835. The van der Waals surface area contributed by atoms with Crippen LogP contribution in [0.5, 0.6) is 0 Å². The molecule has 1 heterocycles. The quantitative estimate of drug-likeness (QED) is 0.701. The van der Waals surface area contributed by atoms with Crippen molar-refractivity contribution in [1.29, 1.82) is 0 Å². The van der Waals surface area contributed by atoms with Gasteiger partial charge >= 0.3 is 6.18 Å². The van der Waals surface area contributed by atoms with Crippen molar-refractivity contribution in [1.82, 2.24) is 9.78 Å². The molecular formula is C6H8F3N3. The third-order valence-electron chi connectivity index (χ3n) is 1.35. The van der Waals surface area contributed by atoms with E-state index in [0.717, 1.165) is 0 Å². The molecule has 0 amide bonds. The van der Waals surface area contributed by atoms with E-state index in [0.29, 0.717) is 0 Å². The molecule has 0 aliphatic rings. The molecule has 2 N–H and O–H groups in total. The standard InChI is InChI=1S/C6H8F3N3/c1-12-5(10)2-4(11-12)3-6(7,8)9/h2H,3,10H2,1H3. The zero-order valence-electron chi connectivity index (χ0n) is 6.39. The van der Waals surface area contributed by atoms with Crippen molar-refractivity contribution in [2.75, 3.05) is 5.73 Å². The lowest BCUT2D eigenvalue weighted by atomic mass is 10.3. The van der Waals surface area contributed by atoms with Gasteiger partial charge in [-0.1, -0.05) is 0 Å². The first kappa shape index (κ1) is 8.89. The topological polar surface area (TPSA) is 43.8 Å². The second-order valence-electron chi connectivity index (χ2n) is 2.48. The van der Waals surface area contributed by atoms with E-state index in [9.17, 15) is 13.2 Å². The summed E-state index contributed by atoms with van der Waals surface area (Å²) in [6.07, 6.45) is -5.25. The number of hydrogen-bond donors (Lipinski definition) is 1. The van der Waals surface area contributed by atoms with Gasteiger partial charge in [0, 0.05) is 13.1 Å². The van der Waals surface area contributed by atoms with Crippen LogP contribution in [0.2, 0.25) is 0 Å². The molecule has 3 nitrogen and oxygen atoms in total. The maximum atomic E-state index is 11.8. The Bertz CT molecular complexity index is 257. The minimum Gasteiger partial charge on any atom is -0.384 e. The number of halogens is 3. The summed E-state index contributed by atoms with van der Waals surface area (Å²) in [5, 5.41) is 3.57. The highest BCUT2D eigenvalue weighted by Gasteiger charge is 2.29. The highest BCUT2D eigenvalue weighted by molar-refractivity contribution is 5.30. The maximum Gasteiger partial charge on any atom is 0.394 e. The maximum absolute atomic E-state index is 11.8. The zero-order chi connectivity index (χ0) is 9.35. The molecule has 0 aliphatic heterocycles. The lowest BCUT2D eigenvalue weighted by Gasteiger charge is -2.01. The molecule has 1 aromatic rings. The molecular weight excluding hydrogens is 171 g/mol. The van der Waals surface area contributed by atoms with Gasteiger partial charge < -0.3 is 5.73 Å². The number of aromatic nitrogens is 2. The fourth-order valence-corrected chi connectivity index (χ4v) is 0.835. The molecule has 0 aliphatic carbocycles. The van der Waals surface area contributed by atoms with Crippen LogP contribution in [0.1, 0.15) is 5.69 Å². The van der Waals surface area contributed by atoms with Crippen molar-refractivity contribution in [3.63, 3.8) is 0 Å². The predicted molar refractivity (Wildman–Crippen MR) is 37.4 cm³/mol. The van der Waals surface area contributed by atoms with Crippen LogP contribution < -0.4 is 5.73 Å². The van der Waals surface area contributed by atoms with E-state index in [4.69, 9.17) is 5.73 Å². The third-order valence-corrected chi connectivity index (χ3v) is 1.35. The summed E-state index contributed by atoms with van der Waals surface area (Å²) in [6, 6.07) is 1.22. The molecule has 6 heteroatoms. The Labute approximate surface area is 67.0 Å². The Hall–Kier alpha value is -1.20. The molecule has 0 unspecified atom stereocenters. The summed E-state index contributed by atoms with van der Waals surface area (Å²) in [7, 11) is 1.50. The Morgan fingerprint density at radius 2 is 2.17 bits per heavy atom. The lowest BCUT2D eigenvalue weighted by Crippen LogP contribution is -2.12. The van der Waals surface area contributed by atoms with E-state index in [1.807, 2.05) is 0 Å². The predicted octanol–water partition coefficient (Wildman–Crippen LogP) is 1.11. The van der Waals surface area contributed by atoms with Gasteiger partial charge in [0.1, 0.15) is 5.82 Å². The van der Waals surface area contributed by atoms with E-state index in [-0.39, 0.29) is 11.5 Å². The monoisotopic (exact) mass is 179 g/mol. The molecule has 0 atom stereocenters. The van der Waals surface area contributed by atoms with Crippen molar-refractivity contribution in [3.8, 4) is 0 Å². The van der Waals surface area contributed by atoms with Gasteiger partial charge in [0.25, 0.3) is 0 Å². The SMILES string of the molecule is Cn1nc(CC(F)(F)F)cc1N. The Morgan fingerprint density at radius 3 is 2.50 bits per heavy atom. The van der Waals surface area contributed by atoms with Crippen molar-refractivity contribution >= 4 is 5.82 Å². The number of nitrogens with two attached hydrogens (primary N) is 1. The van der Waals surface area contributed by atoms with E-state index in [2.05, 4.69) is 5.10 Å². The second-order valence-corrected chi connectivity index (χ2v) is 2.48. The van der Waals surface area contributed by atoms with Crippen LogP contribution in [0.15, 0.2) is 6.07 Å². The first-order valence-corrected chi connectivity index (χ1v) is 3.23. The minimum atomic E-state index is -4.22. The number of alkyl halides is 3. The Kier molecular flexibility index (Phi) is 1.99. The number of rotatable bonds is 1. The van der Waals surface area contributed by atoms with E-state index in [1.54, 1.807) is 0 Å². The van der Waals surface area contributed by atoms with Gasteiger partial charge in [0.05, 0.1) is 12.1 Å². The molecule has 68 valence electrons. The van der Waals surface area contributed by atoms with Crippen LogP contribution in [-0.2, 0) is 13.5 Å². The largest absolute Gasteiger partial charge is 0.394 e. The summed E-state index contributed by atoms with van der Waals surface area (Å²) < 4.78 is 36.6. The van der Waals surface area contributed by atoms with Gasteiger partial charge in [0.2, 0.25) is 0 Å². The van der Waals surface area contributed by atoms with Crippen LogP contribution in [0.4, 0.5) is 19.0 Å². The fraction of sp³-hybridized carbons (Fsp3) is 0.500. The van der Waals surface area contributed by atoms with E-state index < -0.39 is 12.6 Å². The molecule has 0 saturated heterocycles. The first-order chi connectivity index (χ1) is 5.38. The van der Waals surface area contributed by atoms with Crippen LogP contribution in [0, 0.1) is 0 Å². The summed E-state index contributed by atoms with van der Waals surface area (Å²) in [5.41, 5.74) is 5.24. The molecule has 1 aromatic heterocycles. The van der Waals surface area contributed by atoms with Crippen LogP contribution in [-0.4, -0.2) is 16.0 Å². The Balaban J connectivity index is 2.77. The molecule has 0 fully saturated rings. The van der Waals surface area contributed by atoms with Gasteiger partial charge in [-0.25, -0.2) is 0 Å². The summed E-state index contributed by atoms with van der Waals surface area (Å²) in [6.45, 7) is 0. The molecule has 0 aromatic carbocycles. The molecule has 0 bridgehead atoms. The number of hydrogen-bond acceptors (Lipinski definition) is 2. The molecule has 0 saturated carbocycles. The molecule has 1 rings (SSSR count). The summed E-state index contributed by atoms with van der Waals surface area (Å²) in [4.78, 5) is 0. The number of anilines is 1. The van der Waals surface area contributed by atoms with Crippen molar-refractivity contribution in [2.45, 2.75) is 12.6 Å². The third kappa shape index (κ3) is 2.14. The van der Waals surface area contributed by atoms with Gasteiger partial charge in [-0.15, -0.1) is 0 Å². The normalized spacial score (nSPS) is 12.0. The summed E-state index contributed by atoms with van der Waals surface area (Å²) in [5.74, 6) is 0.231. The van der Waals surface area contributed by atoms with Gasteiger partial charge in [-0.05, 0) is 0 Å². The van der Waals surface area contributed by atoms with Crippen LogP contribution in [0.25, 0.3) is 0 Å². The van der Waals surface area contributed by atoms with Gasteiger partial charge in [0.15, 0.2) is 0 Å². The molecule has 0 radical (unpaired) electrons. The van der Waals surface area contributed by atoms with Gasteiger partial charge in [-0.2, -0.15) is 18.3 Å². The Morgan fingerprint density at radius 1 is 1.58 bits per heavy atom. The second kappa shape index (κ2) is 2.69. The van der Waals surface area contributed by atoms with Crippen molar-refractivity contribution in [3.05, 3.63) is 11.8 Å². The number of nitrogens with zero attached hydrogens (tertiary/aromatic N) is 2. The average Bonchev–Trinajstić information content (AvgIpc) is 2.07. The van der Waals surface area contributed by atoms with Crippen LogP contribution in [0.3, 0.4) is 0 Å². The first-order valence-electron chi connectivity index (χ1n) is 3.23. The van der Waals surface area contributed by atoms with E-state index >= 15 is 0 Å². The molecule has 0 spiro atoms. The van der Waals surface area contributed by atoms with Gasteiger partial charge in [-0.3, -0.25) is 4.68 Å². The zero-order valence-corrected chi connectivity index (χ0v) is 6.39. The average molecular weight is 179 g/mol. The smallest absolute Gasteiger partial charge is 0.384 e.